The lowest BCUT2D eigenvalue weighted by Crippen LogP contribution is -2.30. The van der Waals surface area contributed by atoms with E-state index in [9.17, 15) is 13.5 Å². The van der Waals surface area contributed by atoms with E-state index in [4.69, 9.17) is 4.74 Å². The summed E-state index contributed by atoms with van der Waals surface area (Å²) in [4.78, 5) is 0. The quantitative estimate of drug-likeness (QED) is 0.861. The maximum absolute atomic E-state index is 11.6. The maximum Gasteiger partial charge on any atom is 0.156 e. The molecule has 1 aromatic carbocycles. The first kappa shape index (κ1) is 14.8. The molecule has 1 heterocycles. The Morgan fingerprint density at radius 3 is 2.86 bits per heavy atom. The van der Waals surface area contributed by atoms with Crippen molar-refractivity contribution in [3.63, 3.8) is 0 Å². The number of sulfone groups is 1. The van der Waals surface area contributed by atoms with Crippen molar-refractivity contribution < 1.29 is 18.3 Å². The van der Waals surface area contributed by atoms with Gasteiger partial charge in [-0.3, -0.25) is 0 Å². The number of ether oxygens (including phenoxy) is 1. The molecule has 0 bridgehead atoms. The highest BCUT2D eigenvalue weighted by Gasteiger charge is 2.38. The third-order valence-electron chi connectivity index (χ3n) is 4.23. The van der Waals surface area contributed by atoms with Gasteiger partial charge in [0.05, 0.1) is 11.5 Å². The van der Waals surface area contributed by atoms with E-state index < -0.39 is 22.0 Å². The Kier molecular flexibility index (Phi) is 3.94. The van der Waals surface area contributed by atoms with Crippen LogP contribution in [-0.4, -0.2) is 43.8 Å². The van der Waals surface area contributed by atoms with Gasteiger partial charge in [-0.1, -0.05) is 19.1 Å². The van der Waals surface area contributed by atoms with Gasteiger partial charge in [0.25, 0.3) is 0 Å². The van der Waals surface area contributed by atoms with Crippen molar-refractivity contribution in [2.24, 2.45) is 0 Å². The number of hydrogen-bond acceptors (Lipinski definition) is 5. The second kappa shape index (κ2) is 5.59. The molecule has 1 aromatic rings. The Labute approximate surface area is 125 Å². The van der Waals surface area contributed by atoms with Crippen molar-refractivity contribution in [2.45, 2.75) is 38.0 Å². The summed E-state index contributed by atoms with van der Waals surface area (Å²) in [6.07, 6.45) is 0.352. The molecule has 5 nitrogen and oxygen atoms in total. The zero-order valence-corrected chi connectivity index (χ0v) is 12.9. The highest BCUT2D eigenvalue weighted by Crippen LogP contribution is 2.37. The number of benzene rings is 1. The first-order chi connectivity index (χ1) is 10.00. The smallest absolute Gasteiger partial charge is 0.156 e. The summed E-state index contributed by atoms with van der Waals surface area (Å²) < 4.78 is 29.0. The van der Waals surface area contributed by atoms with Crippen molar-refractivity contribution in [2.75, 3.05) is 18.1 Å². The van der Waals surface area contributed by atoms with Crippen LogP contribution in [0, 0.1) is 0 Å². The molecule has 1 aliphatic heterocycles. The molecule has 0 aromatic heterocycles. The zero-order chi connectivity index (χ0) is 15.0. The molecular weight excluding hydrogens is 290 g/mol. The van der Waals surface area contributed by atoms with E-state index in [2.05, 4.69) is 18.3 Å². The predicted molar refractivity (Wildman–Crippen MR) is 80.3 cm³/mol. The minimum absolute atomic E-state index is 0.103. The van der Waals surface area contributed by atoms with Gasteiger partial charge >= 0.3 is 0 Å². The Hall–Kier alpha value is -1.11. The van der Waals surface area contributed by atoms with Crippen LogP contribution in [0.1, 0.15) is 30.5 Å². The van der Waals surface area contributed by atoms with Crippen LogP contribution in [0.5, 0.6) is 5.75 Å². The number of aliphatic hydroxyl groups excluding tert-OH is 1. The van der Waals surface area contributed by atoms with E-state index in [-0.39, 0.29) is 11.5 Å². The minimum Gasteiger partial charge on any atom is -0.486 e. The summed E-state index contributed by atoms with van der Waals surface area (Å²) in [5.74, 6) is 0.412. The van der Waals surface area contributed by atoms with E-state index >= 15 is 0 Å². The molecule has 1 saturated heterocycles. The third-order valence-corrected chi connectivity index (χ3v) is 5.91. The molecule has 6 heteroatoms. The average molecular weight is 311 g/mol. The summed E-state index contributed by atoms with van der Waals surface area (Å²) in [6.45, 7) is 2.99. The number of nitrogens with one attached hydrogen (secondary N) is 1. The van der Waals surface area contributed by atoms with E-state index in [1.165, 1.54) is 5.56 Å². The van der Waals surface area contributed by atoms with Crippen LogP contribution in [0.2, 0.25) is 0 Å². The molecule has 1 aliphatic carbocycles. The first-order valence-corrected chi connectivity index (χ1v) is 9.22. The lowest BCUT2D eigenvalue weighted by atomic mass is 10.1. The zero-order valence-electron chi connectivity index (χ0n) is 12.1. The van der Waals surface area contributed by atoms with Gasteiger partial charge in [-0.25, -0.2) is 8.42 Å². The van der Waals surface area contributed by atoms with Gasteiger partial charge in [-0.15, -0.1) is 0 Å². The molecular formula is C15H21NO4S. The molecule has 3 atom stereocenters. The fourth-order valence-corrected chi connectivity index (χ4v) is 4.92. The van der Waals surface area contributed by atoms with Crippen LogP contribution in [0.15, 0.2) is 18.2 Å². The Balaban J connectivity index is 1.82. The number of fused-ring (bicyclic) bond motifs is 1. The topological polar surface area (TPSA) is 75.6 Å². The molecule has 0 amide bonds. The van der Waals surface area contributed by atoms with Gasteiger partial charge in [-0.2, -0.15) is 0 Å². The largest absolute Gasteiger partial charge is 0.486 e. The van der Waals surface area contributed by atoms with E-state index in [1.54, 1.807) is 0 Å². The number of aliphatic hydroxyl groups is 1. The fraction of sp³-hybridized carbons (Fsp3) is 0.600. The van der Waals surface area contributed by atoms with Crippen LogP contribution in [0.4, 0.5) is 0 Å². The van der Waals surface area contributed by atoms with Crippen molar-refractivity contribution >= 4 is 9.84 Å². The van der Waals surface area contributed by atoms with Crippen LogP contribution in [0.3, 0.4) is 0 Å². The number of rotatable bonds is 4. The normalized spacial score (nSPS) is 30.3. The van der Waals surface area contributed by atoms with Crippen molar-refractivity contribution in [3.8, 4) is 5.75 Å². The monoisotopic (exact) mass is 311 g/mol. The molecule has 0 spiro atoms. The minimum atomic E-state index is -3.19. The van der Waals surface area contributed by atoms with Crippen LogP contribution in [0.25, 0.3) is 0 Å². The van der Waals surface area contributed by atoms with Gasteiger partial charge in [0, 0.05) is 6.04 Å². The lowest BCUT2D eigenvalue weighted by Gasteiger charge is -2.19. The van der Waals surface area contributed by atoms with Gasteiger partial charge in [-0.05, 0) is 36.6 Å². The Morgan fingerprint density at radius 1 is 1.38 bits per heavy atom. The van der Waals surface area contributed by atoms with Gasteiger partial charge < -0.3 is 15.2 Å². The Morgan fingerprint density at radius 2 is 2.19 bits per heavy atom. The summed E-state index contributed by atoms with van der Waals surface area (Å²) in [6, 6.07) is 6.22. The standard InChI is InChI=1S/C15H21NO4S/c1-2-16-12-7-6-11-10(12)4-3-5-14(11)20-15-9-21(18,19)8-13(15)17/h3-5,12-13,15-17H,2,6-9H2,1H3. The van der Waals surface area contributed by atoms with Crippen molar-refractivity contribution in [1.82, 2.24) is 5.32 Å². The molecule has 0 radical (unpaired) electrons. The predicted octanol–water partition coefficient (Wildman–Crippen LogP) is 0.820. The van der Waals surface area contributed by atoms with Gasteiger partial charge in [0.1, 0.15) is 18.0 Å². The van der Waals surface area contributed by atoms with Crippen LogP contribution >= 0.6 is 0 Å². The second-order valence-electron chi connectivity index (χ2n) is 5.77. The maximum atomic E-state index is 11.6. The highest BCUT2D eigenvalue weighted by molar-refractivity contribution is 7.91. The highest BCUT2D eigenvalue weighted by atomic mass is 32.2. The SMILES string of the molecule is CCNC1CCc2c(OC3CS(=O)(=O)CC3O)cccc21. The van der Waals surface area contributed by atoms with Crippen molar-refractivity contribution in [1.29, 1.82) is 0 Å². The van der Waals surface area contributed by atoms with Crippen LogP contribution < -0.4 is 10.1 Å². The molecule has 21 heavy (non-hydrogen) atoms. The van der Waals surface area contributed by atoms with E-state index in [0.29, 0.717) is 11.8 Å². The van der Waals surface area contributed by atoms with Crippen LogP contribution in [-0.2, 0) is 16.3 Å². The molecule has 3 rings (SSSR count). The van der Waals surface area contributed by atoms with Gasteiger partial charge in [0.15, 0.2) is 9.84 Å². The molecule has 2 aliphatic rings. The lowest BCUT2D eigenvalue weighted by molar-refractivity contribution is 0.0732. The second-order valence-corrected chi connectivity index (χ2v) is 7.93. The molecule has 2 N–H and O–H groups in total. The van der Waals surface area contributed by atoms with Crippen molar-refractivity contribution in [3.05, 3.63) is 29.3 Å². The Bertz CT molecular complexity index is 629. The first-order valence-electron chi connectivity index (χ1n) is 7.40. The third kappa shape index (κ3) is 2.93. The summed E-state index contributed by atoms with van der Waals surface area (Å²) in [5, 5.41) is 13.3. The van der Waals surface area contributed by atoms with E-state index in [1.807, 2.05) is 12.1 Å². The van der Waals surface area contributed by atoms with Gasteiger partial charge in [0.2, 0.25) is 0 Å². The summed E-state index contributed by atoms with van der Waals surface area (Å²) in [7, 11) is -3.19. The molecule has 1 fully saturated rings. The summed E-state index contributed by atoms with van der Waals surface area (Å²) >= 11 is 0. The fourth-order valence-electron chi connectivity index (χ4n) is 3.26. The molecule has 0 saturated carbocycles. The average Bonchev–Trinajstić information content (AvgIpc) is 2.92. The molecule has 3 unspecified atom stereocenters. The number of hydrogen-bond donors (Lipinski definition) is 2. The molecule has 116 valence electrons. The van der Waals surface area contributed by atoms with E-state index in [0.717, 1.165) is 24.9 Å². The summed E-state index contributed by atoms with van der Waals surface area (Å²) in [5.41, 5.74) is 2.37.